The van der Waals surface area contributed by atoms with Crippen molar-refractivity contribution in [2.24, 2.45) is 23.2 Å². The van der Waals surface area contributed by atoms with Crippen LogP contribution in [0.25, 0.3) is 0 Å². The Labute approximate surface area is 149 Å². The van der Waals surface area contributed by atoms with Crippen LogP contribution in [-0.4, -0.2) is 29.3 Å². The molecule has 0 amide bonds. The van der Waals surface area contributed by atoms with Crippen LogP contribution in [0, 0.1) is 23.2 Å². The van der Waals surface area contributed by atoms with E-state index in [1.165, 1.54) is 0 Å². The molecule has 0 aromatic carbocycles. The third-order valence-electron chi connectivity index (χ3n) is 6.86. The van der Waals surface area contributed by atoms with Crippen molar-refractivity contribution < 1.29 is 24.2 Å². The van der Waals surface area contributed by atoms with Gasteiger partial charge < -0.3 is 14.6 Å². The third kappa shape index (κ3) is 2.64. The normalized spacial score (nSPS) is 41.1. The molecule has 0 radical (unpaired) electrons. The molecule has 0 saturated heterocycles. The molecular formula is C20H28O5. The zero-order chi connectivity index (χ0) is 18.5. The number of hydrogen-bond donors (Lipinski definition) is 1. The maximum atomic E-state index is 12.3. The average molecular weight is 348 g/mol. The van der Waals surface area contributed by atoms with Crippen LogP contribution in [0.4, 0.5) is 0 Å². The summed E-state index contributed by atoms with van der Waals surface area (Å²) in [5.74, 6) is -0.208. The number of rotatable bonds is 2. The van der Waals surface area contributed by atoms with Crippen LogP contribution in [0.1, 0.15) is 53.9 Å². The highest BCUT2D eigenvalue weighted by molar-refractivity contribution is 5.87. The van der Waals surface area contributed by atoms with Crippen molar-refractivity contribution in [2.45, 2.75) is 66.1 Å². The van der Waals surface area contributed by atoms with Crippen LogP contribution in [0.3, 0.4) is 0 Å². The van der Waals surface area contributed by atoms with Gasteiger partial charge in [-0.05, 0) is 39.5 Å². The van der Waals surface area contributed by atoms with E-state index in [2.05, 4.69) is 13.8 Å². The number of esters is 2. The number of carbonyl (C=O) groups is 2. The van der Waals surface area contributed by atoms with E-state index >= 15 is 0 Å². The maximum Gasteiger partial charge on any atom is 0.333 e. The van der Waals surface area contributed by atoms with E-state index in [0.717, 1.165) is 18.4 Å². The molecule has 3 rings (SSSR count). The lowest BCUT2D eigenvalue weighted by Crippen LogP contribution is -2.56. The van der Waals surface area contributed by atoms with E-state index in [9.17, 15) is 14.7 Å². The van der Waals surface area contributed by atoms with Crippen molar-refractivity contribution in [1.82, 2.24) is 0 Å². The molecule has 0 aromatic rings. The molecule has 1 fully saturated rings. The van der Waals surface area contributed by atoms with Crippen LogP contribution in [-0.2, 0) is 19.1 Å². The minimum absolute atomic E-state index is 0.0586. The molecule has 2 aliphatic carbocycles. The minimum atomic E-state index is -0.748. The van der Waals surface area contributed by atoms with Gasteiger partial charge in [0.25, 0.3) is 0 Å². The summed E-state index contributed by atoms with van der Waals surface area (Å²) in [6.07, 6.45) is 2.90. The van der Waals surface area contributed by atoms with Crippen molar-refractivity contribution in [1.29, 1.82) is 0 Å². The van der Waals surface area contributed by atoms with Gasteiger partial charge in [-0.25, -0.2) is 4.79 Å². The molecule has 0 aromatic heterocycles. The van der Waals surface area contributed by atoms with Crippen molar-refractivity contribution in [3.63, 3.8) is 0 Å². The van der Waals surface area contributed by atoms with Crippen molar-refractivity contribution >= 4 is 11.9 Å². The largest absolute Gasteiger partial charge is 0.459 e. The lowest BCUT2D eigenvalue weighted by Gasteiger charge is -2.54. The summed E-state index contributed by atoms with van der Waals surface area (Å²) in [7, 11) is 0. The maximum absolute atomic E-state index is 12.3. The predicted octanol–water partition coefficient (Wildman–Crippen LogP) is 3.13. The van der Waals surface area contributed by atoms with Gasteiger partial charge in [-0.1, -0.05) is 19.9 Å². The van der Waals surface area contributed by atoms with Crippen LogP contribution in [0.15, 0.2) is 23.0 Å². The molecule has 0 spiro atoms. The van der Waals surface area contributed by atoms with Gasteiger partial charge in [-0.15, -0.1) is 0 Å². The molecule has 1 aliphatic heterocycles. The fourth-order valence-corrected chi connectivity index (χ4v) is 4.73. The Morgan fingerprint density at radius 1 is 1.36 bits per heavy atom. The lowest BCUT2D eigenvalue weighted by atomic mass is 9.53. The Balaban J connectivity index is 1.95. The topological polar surface area (TPSA) is 72.8 Å². The van der Waals surface area contributed by atoms with Crippen LogP contribution in [0.5, 0.6) is 0 Å². The van der Waals surface area contributed by atoms with Crippen molar-refractivity contribution in [3.05, 3.63) is 23.0 Å². The molecule has 138 valence electrons. The van der Waals surface area contributed by atoms with Gasteiger partial charge in [0.15, 0.2) is 0 Å². The number of carbonyl (C=O) groups excluding carboxylic acids is 2. The average Bonchev–Trinajstić information content (AvgIpc) is 2.86. The first-order valence-corrected chi connectivity index (χ1v) is 9.18. The third-order valence-corrected chi connectivity index (χ3v) is 6.86. The first kappa shape index (κ1) is 18.2. The zero-order valence-electron chi connectivity index (χ0n) is 15.7. The highest BCUT2D eigenvalue weighted by Crippen LogP contribution is 2.57. The number of ether oxygens (including phenoxy) is 2. The van der Waals surface area contributed by atoms with Crippen molar-refractivity contribution in [3.8, 4) is 0 Å². The Morgan fingerprint density at radius 3 is 2.68 bits per heavy atom. The Bertz CT molecular complexity index is 661. The monoisotopic (exact) mass is 348 g/mol. The fraction of sp³-hybridized carbons (Fsp3) is 0.700. The Hall–Kier alpha value is -1.62. The molecule has 1 saturated carbocycles. The molecule has 1 heterocycles. The van der Waals surface area contributed by atoms with Gasteiger partial charge in [0.05, 0.1) is 12.0 Å². The lowest BCUT2D eigenvalue weighted by molar-refractivity contribution is -0.166. The quantitative estimate of drug-likeness (QED) is 0.613. The molecule has 1 N–H and O–H groups in total. The van der Waals surface area contributed by atoms with Crippen LogP contribution < -0.4 is 0 Å². The van der Waals surface area contributed by atoms with E-state index in [1.807, 2.05) is 6.92 Å². The molecule has 5 nitrogen and oxygen atoms in total. The zero-order valence-corrected chi connectivity index (χ0v) is 15.7. The van der Waals surface area contributed by atoms with E-state index in [4.69, 9.17) is 9.47 Å². The number of allylic oxidation sites excluding steroid dienone is 2. The van der Waals surface area contributed by atoms with Gasteiger partial charge >= 0.3 is 11.9 Å². The molecule has 0 unspecified atom stereocenters. The second kappa shape index (κ2) is 6.27. The van der Waals surface area contributed by atoms with E-state index in [0.29, 0.717) is 17.8 Å². The second-order valence-corrected chi connectivity index (χ2v) is 7.99. The number of aliphatic hydroxyl groups excluding tert-OH is 1. The highest BCUT2D eigenvalue weighted by Gasteiger charge is 2.59. The van der Waals surface area contributed by atoms with Crippen LogP contribution in [0.2, 0.25) is 0 Å². The summed E-state index contributed by atoms with van der Waals surface area (Å²) in [5, 5.41) is 11.2. The number of fused-ring (bicyclic) bond motifs is 1. The number of aliphatic hydroxyl groups is 1. The summed E-state index contributed by atoms with van der Waals surface area (Å²) < 4.78 is 11.2. The standard InChI is InChI=1S/C20H28O5/c1-6-10(2)18(22)24-14-8-7-11(3)20(5)13(14)9-15-16(17(20)21)12(4)19(23)25-15/h6,11-14,17,21H,7-9H2,1-5H3/t11-,12+,13-,14-,17+,20+/m0/s1. The highest BCUT2D eigenvalue weighted by atomic mass is 16.6. The molecule has 5 heteroatoms. The summed E-state index contributed by atoms with van der Waals surface area (Å²) in [5.41, 5.74) is 0.874. The van der Waals surface area contributed by atoms with Gasteiger partial charge in [-0.3, -0.25) is 4.79 Å². The summed E-state index contributed by atoms with van der Waals surface area (Å²) >= 11 is 0. The SMILES string of the molecule is CC=C(C)C(=O)O[C@H]1CC[C@H](C)[C@@]2(C)[C@H](O)C3=C(C[C@@H]12)OC(=O)[C@@H]3C. The second-order valence-electron chi connectivity index (χ2n) is 7.99. The van der Waals surface area contributed by atoms with E-state index in [1.54, 1.807) is 19.9 Å². The number of hydrogen-bond acceptors (Lipinski definition) is 5. The Kier molecular flexibility index (Phi) is 4.56. The van der Waals surface area contributed by atoms with Crippen molar-refractivity contribution in [2.75, 3.05) is 0 Å². The van der Waals surface area contributed by atoms with Gasteiger partial charge in [-0.2, -0.15) is 0 Å². The van der Waals surface area contributed by atoms with Gasteiger partial charge in [0, 0.05) is 28.9 Å². The molecular weight excluding hydrogens is 320 g/mol. The fourth-order valence-electron chi connectivity index (χ4n) is 4.73. The van der Waals surface area contributed by atoms with Crippen LogP contribution >= 0.6 is 0 Å². The summed E-state index contributed by atoms with van der Waals surface area (Å²) in [6.45, 7) is 9.54. The van der Waals surface area contributed by atoms with E-state index in [-0.39, 0.29) is 29.9 Å². The molecule has 0 bridgehead atoms. The minimum Gasteiger partial charge on any atom is -0.459 e. The molecule has 6 atom stereocenters. The smallest absolute Gasteiger partial charge is 0.333 e. The summed E-state index contributed by atoms with van der Waals surface area (Å²) in [6, 6.07) is 0. The van der Waals surface area contributed by atoms with Gasteiger partial charge in [0.1, 0.15) is 11.9 Å². The van der Waals surface area contributed by atoms with Gasteiger partial charge in [0.2, 0.25) is 0 Å². The molecule has 25 heavy (non-hydrogen) atoms. The first-order valence-electron chi connectivity index (χ1n) is 9.18. The predicted molar refractivity (Wildman–Crippen MR) is 92.2 cm³/mol. The van der Waals surface area contributed by atoms with E-state index < -0.39 is 17.4 Å². The first-order chi connectivity index (χ1) is 11.7. The molecule has 3 aliphatic rings. The summed E-state index contributed by atoms with van der Waals surface area (Å²) in [4.78, 5) is 24.3. The Morgan fingerprint density at radius 2 is 2.04 bits per heavy atom.